The molecule has 0 saturated heterocycles. The quantitative estimate of drug-likeness (QED) is 0.597. The number of allylic oxidation sites excluding steroid dienone is 1. The number of esters is 2. The van der Waals surface area contributed by atoms with Gasteiger partial charge in [0.2, 0.25) is 0 Å². The lowest BCUT2D eigenvalue weighted by molar-refractivity contribution is -0.157. The topological polar surface area (TPSA) is 89.9 Å². The molecule has 1 aliphatic heterocycles. The maximum absolute atomic E-state index is 11.7. The highest BCUT2D eigenvalue weighted by molar-refractivity contribution is 5.93. The van der Waals surface area contributed by atoms with E-state index in [1.54, 1.807) is 19.9 Å². The molecule has 0 fully saturated rings. The number of aliphatic hydroxyl groups excluding tert-OH is 1. The van der Waals surface area contributed by atoms with Crippen molar-refractivity contribution >= 4 is 17.7 Å². The van der Waals surface area contributed by atoms with Crippen LogP contribution in [-0.4, -0.2) is 41.1 Å². The third-order valence-electron chi connectivity index (χ3n) is 2.86. The van der Waals surface area contributed by atoms with Crippen molar-refractivity contribution in [3.05, 3.63) is 36.0 Å². The van der Waals surface area contributed by atoms with E-state index in [2.05, 4.69) is 0 Å². The SMILES string of the molecule is C/C=C(\C)C(=O)O[C@H]1C=CC(=O)O[C@H]1C=CC(=O)C(C)O. The molecule has 1 unspecified atom stereocenters. The summed E-state index contributed by atoms with van der Waals surface area (Å²) >= 11 is 0. The fourth-order valence-electron chi connectivity index (χ4n) is 1.44. The average Bonchev–Trinajstić information content (AvgIpc) is 2.45. The lowest BCUT2D eigenvalue weighted by atomic mass is 10.1. The number of rotatable bonds is 5. The zero-order valence-corrected chi connectivity index (χ0v) is 12.1. The van der Waals surface area contributed by atoms with Crippen LogP contribution in [0.25, 0.3) is 0 Å². The van der Waals surface area contributed by atoms with Crippen molar-refractivity contribution in [2.45, 2.75) is 39.1 Å². The Hall–Kier alpha value is -2.21. The predicted molar refractivity (Wildman–Crippen MR) is 74.2 cm³/mol. The van der Waals surface area contributed by atoms with E-state index in [0.29, 0.717) is 5.57 Å². The predicted octanol–water partition coefficient (Wildman–Crippen LogP) is 0.852. The molecule has 1 N–H and O–H groups in total. The summed E-state index contributed by atoms with van der Waals surface area (Å²) in [4.78, 5) is 34.3. The molecule has 1 heterocycles. The van der Waals surface area contributed by atoms with Gasteiger partial charge < -0.3 is 14.6 Å². The highest BCUT2D eigenvalue weighted by Gasteiger charge is 2.28. The molecule has 21 heavy (non-hydrogen) atoms. The van der Waals surface area contributed by atoms with Crippen LogP contribution >= 0.6 is 0 Å². The first kappa shape index (κ1) is 16.8. The summed E-state index contributed by atoms with van der Waals surface area (Å²) in [5, 5.41) is 9.10. The molecule has 1 rings (SSSR count). The van der Waals surface area contributed by atoms with Gasteiger partial charge in [-0.3, -0.25) is 4.79 Å². The van der Waals surface area contributed by atoms with E-state index in [-0.39, 0.29) is 0 Å². The van der Waals surface area contributed by atoms with E-state index in [1.165, 1.54) is 19.1 Å². The molecule has 0 radical (unpaired) electrons. The van der Waals surface area contributed by atoms with E-state index in [9.17, 15) is 14.4 Å². The summed E-state index contributed by atoms with van der Waals surface area (Å²) in [7, 11) is 0. The number of aliphatic hydroxyl groups is 1. The van der Waals surface area contributed by atoms with Crippen molar-refractivity contribution in [1.82, 2.24) is 0 Å². The van der Waals surface area contributed by atoms with Gasteiger partial charge in [-0.1, -0.05) is 6.08 Å². The van der Waals surface area contributed by atoms with Gasteiger partial charge in [0.15, 0.2) is 18.0 Å². The first-order valence-electron chi connectivity index (χ1n) is 6.48. The van der Waals surface area contributed by atoms with Crippen LogP contribution in [0.5, 0.6) is 0 Å². The average molecular weight is 294 g/mol. The van der Waals surface area contributed by atoms with Gasteiger partial charge in [0, 0.05) is 11.6 Å². The second-order valence-electron chi connectivity index (χ2n) is 4.54. The van der Waals surface area contributed by atoms with Crippen molar-refractivity contribution in [3.63, 3.8) is 0 Å². The maximum atomic E-state index is 11.7. The molecule has 6 heteroatoms. The van der Waals surface area contributed by atoms with Gasteiger partial charge in [-0.2, -0.15) is 0 Å². The second kappa shape index (κ2) is 7.54. The van der Waals surface area contributed by atoms with Crippen molar-refractivity contribution in [2.24, 2.45) is 0 Å². The Bertz CT molecular complexity index is 512. The molecule has 3 atom stereocenters. The monoisotopic (exact) mass is 294 g/mol. The lowest BCUT2D eigenvalue weighted by Crippen LogP contribution is -2.35. The second-order valence-corrected chi connectivity index (χ2v) is 4.54. The van der Waals surface area contributed by atoms with E-state index < -0.39 is 36.0 Å². The van der Waals surface area contributed by atoms with Crippen molar-refractivity contribution in [1.29, 1.82) is 0 Å². The van der Waals surface area contributed by atoms with Crippen molar-refractivity contribution < 1.29 is 29.0 Å². The molecule has 1 aliphatic rings. The smallest absolute Gasteiger partial charge is 0.334 e. The zero-order chi connectivity index (χ0) is 16.0. The van der Waals surface area contributed by atoms with E-state index >= 15 is 0 Å². The van der Waals surface area contributed by atoms with Crippen LogP contribution in [0.4, 0.5) is 0 Å². The summed E-state index contributed by atoms with van der Waals surface area (Å²) in [6.45, 7) is 4.63. The van der Waals surface area contributed by atoms with Gasteiger partial charge in [0.05, 0.1) is 0 Å². The Morgan fingerprint density at radius 1 is 1.48 bits per heavy atom. The lowest BCUT2D eigenvalue weighted by Gasteiger charge is -2.25. The number of carbonyl (C=O) groups is 3. The van der Waals surface area contributed by atoms with Crippen LogP contribution in [0.1, 0.15) is 20.8 Å². The number of hydrogen-bond acceptors (Lipinski definition) is 6. The van der Waals surface area contributed by atoms with Crippen LogP contribution in [0.15, 0.2) is 36.0 Å². The van der Waals surface area contributed by atoms with Gasteiger partial charge >= 0.3 is 11.9 Å². The molecule has 0 aromatic heterocycles. The molecule has 0 spiro atoms. The van der Waals surface area contributed by atoms with Gasteiger partial charge in [-0.05, 0) is 39.0 Å². The Kier molecular flexibility index (Phi) is 6.05. The molecular weight excluding hydrogens is 276 g/mol. The third kappa shape index (κ3) is 5.00. The fourth-order valence-corrected chi connectivity index (χ4v) is 1.44. The summed E-state index contributed by atoms with van der Waals surface area (Å²) < 4.78 is 10.2. The summed E-state index contributed by atoms with van der Waals surface area (Å²) in [6, 6.07) is 0. The van der Waals surface area contributed by atoms with Crippen LogP contribution in [0, 0.1) is 0 Å². The summed E-state index contributed by atoms with van der Waals surface area (Å²) in [6.07, 6.45) is 3.68. The Morgan fingerprint density at radius 3 is 2.71 bits per heavy atom. The number of hydrogen-bond donors (Lipinski definition) is 1. The Labute approximate surface area is 122 Å². The van der Waals surface area contributed by atoms with Gasteiger partial charge in [0.25, 0.3) is 0 Å². The Balaban J connectivity index is 2.83. The van der Waals surface area contributed by atoms with Crippen molar-refractivity contribution in [3.8, 4) is 0 Å². The molecule has 114 valence electrons. The number of cyclic esters (lactones) is 1. The van der Waals surface area contributed by atoms with Gasteiger partial charge in [0.1, 0.15) is 6.10 Å². The molecule has 0 amide bonds. The van der Waals surface area contributed by atoms with Gasteiger partial charge in [-0.15, -0.1) is 0 Å². The Morgan fingerprint density at radius 2 is 2.14 bits per heavy atom. The molecule has 0 aromatic carbocycles. The minimum Gasteiger partial charge on any atom is -0.451 e. The summed E-state index contributed by atoms with van der Waals surface area (Å²) in [5.41, 5.74) is 0.420. The maximum Gasteiger partial charge on any atom is 0.334 e. The molecule has 0 aromatic rings. The number of ether oxygens (including phenoxy) is 2. The highest BCUT2D eigenvalue weighted by Crippen LogP contribution is 2.15. The fraction of sp³-hybridized carbons (Fsp3) is 0.400. The first-order chi connectivity index (χ1) is 9.85. The van der Waals surface area contributed by atoms with E-state index in [1.807, 2.05) is 0 Å². The van der Waals surface area contributed by atoms with Gasteiger partial charge in [-0.25, -0.2) is 9.59 Å². The number of carbonyl (C=O) groups excluding carboxylic acids is 3. The molecular formula is C15H18O6. The normalized spacial score (nSPS) is 23.8. The highest BCUT2D eigenvalue weighted by atomic mass is 16.6. The molecule has 0 saturated carbocycles. The van der Waals surface area contributed by atoms with Crippen LogP contribution in [0.3, 0.4) is 0 Å². The molecule has 0 aliphatic carbocycles. The number of ketones is 1. The largest absolute Gasteiger partial charge is 0.451 e. The molecule has 6 nitrogen and oxygen atoms in total. The van der Waals surface area contributed by atoms with E-state index in [4.69, 9.17) is 14.6 Å². The van der Waals surface area contributed by atoms with Crippen molar-refractivity contribution in [2.75, 3.05) is 0 Å². The van der Waals surface area contributed by atoms with E-state index in [0.717, 1.165) is 12.2 Å². The zero-order valence-electron chi connectivity index (χ0n) is 12.1. The van der Waals surface area contributed by atoms with Crippen LogP contribution in [0.2, 0.25) is 0 Å². The minimum absolute atomic E-state index is 0.420. The first-order valence-corrected chi connectivity index (χ1v) is 6.48. The third-order valence-corrected chi connectivity index (χ3v) is 2.86. The standard InChI is InChI=1S/C15H18O6/c1-4-9(2)15(19)21-13-7-8-14(18)20-12(13)6-5-11(17)10(3)16/h4-8,10,12-13,16H,1-3H3/b6-5?,9-4+/t10?,12-,13-/m0/s1. The molecule has 0 bridgehead atoms. The van der Waals surface area contributed by atoms with Crippen LogP contribution in [-0.2, 0) is 23.9 Å². The summed E-state index contributed by atoms with van der Waals surface area (Å²) in [5.74, 6) is -1.66. The van der Waals surface area contributed by atoms with Crippen LogP contribution < -0.4 is 0 Å². The minimum atomic E-state index is -1.15.